The molecule has 1 aliphatic carbocycles. The summed E-state index contributed by atoms with van der Waals surface area (Å²) in [5.41, 5.74) is 1.40. The Bertz CT molecular complexity index is 961. The molecule has 1 amide bonds. The molecule has 1 saturated carbocycles. The zero-order valence-corrected chi connectivity index (χ0v) is 18.5. The van der Waals surface area contributed by atoms with Gasteiger partial charge in [0, 0.05) is 28.1 Å². The molecule has 1 aliphatic rings. The third-order valence-electron chi connectivity index (χ3n) is 6.22. The Morgan fingerprint density at radius 1 is 1.07 bits per heavy atom. The average Bonchev–Trinajstić information content (AvgIpc) is 3.17. The van der Waals surface area contributed by atoms with Crippen molar-refractivity contribution in [1.29, 1.82) is 0 Å². The van der Waals surface area contributed by atoms with Gasteiger partial charge in [-0.15, -0.1) is 11.3 Å². The molecule has 0 aliphatic heterocycles. The van der Waals surface area contributed by atoms with Gasteiger partial charge in [0.25, 0.3) is 0 Å². The Hall–Kier alpha value is -2.37. The van der Waals surface area contributed by atoms with Crippen LogP contribution in [-0.4, -0.2) is 31.6 Å². The van der Waals surface area contributed by atoms with Crippen LogP contribution in [-0.2, 0) is 0 Å². The molecule has 4 nitrogen and oxygen atoms in total. The largest absolute Gasteiger partial charge is 0.412 e. The molecule has 1 heterocycles. The van der Waals surface area contributed by atoms with Crippen LogP contribution in [0, 0.1) is 11.8 Å². The lowest BCUT2D eigenvalue weighted by Gasteiger charge is -2.37. The highest BCUT2D eigenvalue weighted by Gasteiger charge is 2.30. The number of amides is 1. The van der Waals surface area contributed by atoms with Crippen LogP contribution in [0.15, 0.2) is 60.0 Å². The lowest BCUT2D eigenvalue weighted by molar-refractivity contribution is 0.146. The molecule has 30 heavy (non-hydrogen) atoms. The van der Waals surface area contributed by atoms with E-state index in [0.717, 1.165) is 22.9 Å². The average molecular weight is 423 g/mol. The highest BCUT2D eigenvalue weighted by Crippen LogP contribution is 2.39. The van der Waals surface area contributed by atoms with Crippen LogP contribution in [0.4, 0.5) is 4.79 Å². The zero-order valence-electron chi connectivity index (χ0n) is 17.7. The Morgan fingerprint density at radius 3 is 2.50 bits per heavy atom. The number of benzene rings is 2. The van der Waals surface area contributed by atoms with E-state index in [4.69, 9.17) is 4.74 Å². The van der Waals surface area contributed by atoms with Crippen molar-refractivity contribution >= 4 is 27.5 Å². The first-order chi connectivity index (χ1) is 14.6. The Balaban J connectivity index is 1.27. The van der Waals surface area contributed by atoms with Crippen LogP contribution in [0.5, 0.6) is 5.75 Å². The van der Waals surface area contributed by atoms with Gasteiger partial charge in [0.1, 0.15) is 0 Å². The van der Waals surface area contributed by atoms with E-state index in [1.807, 2.05) is 29.6 Å². The van der Waals surface area contributed by atoms with Gasteiger partial charge in [-0.25, -0.2) is 4.79 Å². The Labute approximate surface area is 182 Å². The molecule has 3 aromatic rings. The summed E-state index contributed by atoms with van der Waals surface area (Å²) >= 11 is 1.60. The molecule has 4 rings (SSSR count). The molecule has 1 N–H and O–H groups in total. The monoisotopic (exact) mass is 422 g/mol. The standard InChI is InChI=1S/C25H30N2O2S/c1-27(2)24(19-8-4-3-5-9-19)20-14-12-18(13-15-20)16-26-25(28)29-22-17-30-23-11-7-6-10-21(22)23/h3-11,17-18,20,24H,12-16H2,1-2H3,(H,26,28). The van der Waals surface area contributed by atoms with E-state index in [1.165, 1.54) is 18.4 Å². The van der Waals surface area contributed by atoms with E-state index in [1.54, 1.807) is 11.3 Å². The maximum absolute atomic E-state index is 12.3. The summed E-state index contributed by atoms with van der Waals surface area (Å²) in [4.78, 5) is 14.7. The van der Waals surface area contributed by atoms with Gasteiger partial charge >= 0.3 is 6.09 Å². The van der Waals surface area contributed by atoms with E-state index in [-0.39, 0.29) is 6.09 Å². The van der Waals surface area contributed by atoms with Crippen molar-refractivity contribution in [1.82, 2.24) is 10.2 Å². The van der Waals surface area contributed by atoms with Crippen LogP contribution in [0.3, 0.4) is 0 Å². The summed E-state index contributed by atoms with van der Waals surface area (Å²) in [7, 11) is 4.35. The van der Waals surface area contributed by atoms with Crippen LogP contribution in [0.2, 0.25) is 0 Å². The van der Waals surface area contributed by atoms with Gasteiger partial charge in [0.2, 0.25) is 0 Å². The summed E-state index contributed by atoms with van der Waals surface area (Å²) in [6.45, 7) is 0.686. The van der Waals surface area contributed by atoms with Crippen molar-refractivity contribution in [3.8, 4) is 5.75 Å². The number of ether oxygens (including phenoxy) is 1. The van der Waals surface area contributed by atoms with Crippen molar-refractivity contribution in [3.05, 3.63) is 65.5 Å². The molecule has 1 fully saturated rings. The molecule has 0 radical (unpaired) electrons. The number of hydrogen-bond donors (Lipinski definition) is 1. The highest BCUT2D eigenvalue weighted by molar-refractivity contribution is 7.17. The predicted octanol–water partition coefficient (Wildman–Crippen LogP) is 6.10. The Kier molecular flexibility index (Phi) is 6.70. The molecule has 0 saturated heterocycles. The SMILES string of the molecule is CN(C)C(c1ccccc1)C1CCC(CNC(=O)Oc2csc3ccccc23)CC1. The van der Waals surface area contributed by atoms with E-state index >= 15 is 0 Å². The molecule has 1 unspecified atom stereocenters. The molecule has 158 valence electrons. The first-order valence-electron chi connectivity index (χ1n) is 10.7. The van der Waals surface area contributed by atoms with Gasteiger partial charge in [-0.1, -0.05) is 42.5 Å². The summed E-state index contributed by atoms with van der Waals surface area (Å²) in [6.07, 6.45) is 4.31. The third kappa shape index (κ3) is 4.85. The van der Waals surface area contributed by atoms with E-state index in [9.17, 15) is 4.79 Å². The van der Waals surface area contributed by atoms with Crippen LogP contribution in [0.25, 0.3) is 10.1 Å². The topological polar surface area (TPSA) is 41.6 Å². The molecular weight excluding hydrogens is 392 g/mol. The summed E-state index contributed by atoms with van der Waals surface area (Å²) in [5.74, 6) is 1.82. The summed E-state index contributed by atoms with van der Waals surface area (Å²) in [5, 5.41) is 5.88. The van der Waals surface area contributed by atoms with Crippen molar-refractivity contribution in [2.75, 3.05) is 20.6 Å². The fourth-order valence-electron chi connectivity index (χ4n) is 4.75. The minimum Gasteiger partial charge on any atom is -0.409 e. The maximum atomic E-state index is 12.3. The minimum absolute atomic E-state index is 0.351. The van der Waals surface area contributed by atoms with Crippen molar-refractivity contribution in [2.45, 2.75) is 31.7 Å². The van der Waals surface area contributed by atoms with E-state index < -0.39 is 0 Å². The number of hydrogen-bond acceptors (Lipinski definition) is 4. The van der Waals surface area contributed by atoms with Gasteiger partial charge in [-0.05, 0) is 69.3 Å². The molecule has 1 atom stereocenters. The first-order valence-corrected chi connectivity index (χ1v) is 11.6. The maximum Gasteiger partial charge on any atom is 0.412 e. The number of rotatable bonds is 6. The number of nitrogens with zero attached hydrogens (tertiary/aromatic N) is 1. The lowest BCUT2D eigenvalue weighted by atomic mass is 9.76. The fraction of sp³-hybridized carbons (Fsp3) is 0.400. The van der Waals surface area contributed by atoms with E-state index in [0.29, 0.717) is 30.2 Å². The number of carbonyl (C=O) groups excluding carboxylic acids is 1. The lowest BCUT2D eigenvalue weighted by Crippen LogP contribution is -2.35. The first kappa shape index (κ1) is 20.9. The van der Waals surface area contributed by atoms with Gasteiger partial charge < -0.3 is 15.0 Å². The molecule has 1 aromatic heterocycles. The van der Waals surface area contributed by atoms with E-state index in [2.05, 4.69) is 54.6 Å². The number of nitrogens with one attached hydrogen (secondary N) is 1. The van der Waals surface area contributed by atoms with Crippen LogP contribution in [0.1, 0.15) is 37.3 Å². The van der Waals surface area contributed by atoms with Crippen molar-refractivity contribution in [2.24, 2.45) is 11.8 Å². The number of thiophene rings is 1. The molecular formula is C25H30N2O2S. The van der Waals surface area contributed by atoms with Gasteiger partial charge in [-0.3, -0.25) is 0 Å². The molecule has 5 heteroatoms. The summed E-state index contributed by atoms with van der Waals surface area (Å²) < 4.78 is 6.69. The second-order valence-corrected chi connectivity index (χ2v) is 9.38. The third-order valence-corrected chi connectivity index (χ3v) is 7.16. The molecule has 2 aromatic carbocycles. The Morgan fingerprint density at radius 2 is 1.77 bits per heavy atom. The minimum atomic E-state index is -0.351. The number of fused-ring (bicyclic) bond motifs is 1. The highest BCUT2D eigenvalue weighted by atomic mass is 32.1. The van der Waals surface area contributed by atoms with Crippen LogP contribution < -0.4 is 10.1 Å². The predicted molar refractivity (Wildman–Crippen MR) is 124 cm³/mol. The quantitative estimate of drug-likeness (QED) is 0.522. The second-order valence-electron chi connectivity index (χ2n) is 8.47. The number of carbonyl (C=O) groups is 1. The van der Waals surface area contributed by atoms with Gasteiger partial charge in [0.05, 0.1) is 0 Å². The zero-order chi connectivity index (χ0) is 20.9. The van der Waals surface area contributed by atoms with Gasteiger partial charge in [-0.2, -0.15) is 0 Å². The van der Waals surface area contributed by atoms with Crippen LogP contribution >= 0.6 is 11.3 Å². The molecule has 0 bridgehead atoms. The second kappa shape index (κ2) is 9.63. The fourth-order valence-corrected chi connectivity index (χ4v) is 5.61. The van der Waals surface area contributed by atoms with Gasteiger partial charge in [0.15, 0.2) is 5.75 Å². The van der Waals surface area contributed by atoms with Crippen molar-refractivity contribution < 1.29 is 9.53 Å². The van der Waals surface area contributed by atoms with Crippen molar-refractivity contribution in [3.63, 3.8) is 0 Å². The molecule has 0 spiro atoms. The summed E-state index contributed by atoms with van der Waals surface area (Å²) in [6, 6.07) is 19.3. The normalized spacial score (nSPS) is 20.2. The smallest absolute Gasteiger partial charge is 0.409 e.